The van der Waals surface area contributed by atoms with Gasteiger partial charge in [0.25, 0.3) is 5.91 Å². The maximum atomic E-state index is 13.8. The van der Waals surface area contributed by atoms with Gasteiger partial charge < -0.3 is 25.0 Å². The number of anilines is 2. The van der Waals surface area contributed by atoms with Crippen LogP contribution in [0.3, 0.4) is 0 Å². The lowest BCUT2D eigenvalue weighted by Crippen LogP contribution is -2.45. The van der Waals surface area contributed by atoms with Crippen molar-refractivity contribution in [1.82, 2.24) is 5.32 Å². The molecule has 0 radical (unpaired) electrons. The number of halogens is 3. The van der Waals surface area contributed by atoms with Gasteiger partial charge in [-0.15, -0.1) is 24.8 Å². The molecule has 0 aliphatic carbocycles. The monoisotopic (exact) mass is 381 g/mol. The van der Waals surface area contributed by atoms with E-state index in [1.54, 1.807) is 6.07 Å². The fourth-order valence-electron chi connectivity index (χ4n) is 2.61. The molecule has 2 heterocycles. The molecule has 2 aliphatic heterocycles. The van der Waals surface area contributed by atoms with Gasteiger partial charge >= 0.3 is 0 Å². The first-order valence-corrected chi connectivity index (χ1v) is 7.49. The van der Waals surface area contributed by atoms with Crippen molar-refractivity contribution in [2.24, 2.45) is 0 Å². The van der Waals surface area contributed by atoms with E-state index < -0.39 is 6.10 Å². The Labute approximate surface area is 152 Å². The topological polar surface area (TPSA) is 62.8 Å². The molecule has 0 spiro atoms. The molecule has 136 valence electrons. The molecular weight excluding hydrogens is 360 g/mol. The van der Waals surface area contributed by atoms with E-state index in [1.807, 2.05) is 4.90 Å². The third-order valence-corrected chi connectivity index (χ3v) is 3.75. The number of ether oxygens (including phenoxy) is 2. The van der Waals surface area contributed by atoms with Gasteiger partial charge in [0.05, 0.1) is 19.8 Å². The van der Waals surface area contributed by atoms with Crippen LogP contribution in [0.1, 0.15) is 0 Å². The van der Waals surface area contributed by atoms with Gasteiger partial charge in [0.2, 0.25) is 0 Å². The average Bonchev–Trinajstić information content (AvgIpc) is 2.56. The van der Waals surface area contributed by atoms with E-state index in [9.17, 15) is 9.18 Å². The van der Waals surface area contributed by atoms with Crippen LogP contribution in [0, 0.1) is 5.82 Å². The van der Waals surface area contributed by atoms with Crippen molar-refractivity contribution in [3.8, 4) is 0 Å². The molecule has 1 aromatic carbocycles. The summed E-state index contributed by atoms with van der Waals surface area (Å²) in [5, 5.41) is 5.82. The fourth-order valence-corrected chi connectivity index (χ4v) is 2.61. The minimum absolute atomic E-state index is 0. The number of carbonyl (C=O) groups excluding carboxylic acids is 1. The number of benzene rings is 1. The summed E-state index contributed by atoms with van der Waals surface area (Å²) in [6.45, 7) is 4.39. The number of hydrogen-bond acceptors (Lipinski definition) is 5. The summed E-state index contributed by atoms with van der Waals surface area (Å²) < 4.78 is 24.5. The predicted octanol–water partition coefficient (Wildman–Crippen LogP) is 1.43. The quantitative estimate of drug-likeness (QED) is 0.829. The molecule has 3 rings (SSSR count). The summed E-state index contributed by atoms with van der Waals surface area (Å²) in [5.74, 6) is -0.632. The lowest BCUT2D eigenvalue weighted by atomic mass is 10.2. The van der Waals surface area contributed by atoms with Crippen molar-refractivity contribution in [1.29, 1.82) is 0 Å². The summed E-state index contributed by atoms with van der Waals surface area (Å²) in [5.41, 5.74) is 1.20. The summed E-state index contributed by atoms with van der Waals surface area (Å²) in [6.07, 6.45) is -0.538. The standard InChI is InChI=1S/C15H20FN3O3.2ClH/c16-11-7-12(18-15(20)14-10-17-1-4-22-14)9-13(8-11)19-2-5-21-6-3-19;;/h7-9,14,17H,1-6,10H2,(H,18,20);2*1H. The van der Waals surface area contributed by atoms with Gasteiger partial charge in [0.1, 0.15) is 11.9 Å². The second-order valence-electron chi connectivity index (χ2n) is 5.35. The third-order valence-electron chi connectivity index (χ3n) is 3.75. The zero-order valence-electron chi connectivity index (χ0n) is 13.1. The molecule has 0 bridgehead atoms. The zero-order valence-corrected chi connectivity index (χ0v) is 14.8. The van der Waals surface area contributed by atoms with E-state index in [0.29, 0.717) is 45.1 Å². The van der Waals surface area contributed by atoms with Crippen molar-refractivity contribution >= 4 is 42.1 Å². The highest BCUT2D eigenvalue weighted by atomic mass is 35.5. The van der Waals surface area contributed by atoms with Crippen LogP contribution in [0.25, 0.3) is 0 Å². The molecule has 0 saturated carbocycles. The Bertz CT molecular complexity index is 539. The first kappa shape index (κ1) is 20.9. The number of amides is 1. The van der Waals surface area contributed by atoms with Crippen molar-refractivity contribution in [2.45, 2.75) is 6.10 Å². The van der Waals surface area contributed by atoms with Crippen LogP contribution in [0.15, 0.2) is 18.2 Å². The van der Waals surface area contributed by atoms with Crippen LogP contribution in [-0.2, 0) is 14.3 Å². The molecule has 1 amide bonds. The highest BCUT2D eigenvalue weighted by Gasteiger charge is 2.22. The first-order chi connectivity index (χ1) is 10.7. The van der Waals surface area contributed by atoms with E-state index in [-0.39, 0.29) is 36.5 Å². The number of hydrogen-bond donors (Lipinski definition) is 2. The Morgan fingerprint density at radius 1 is 1.21 bits per heavy atom. The molecular formula is C15H22Cl2FN3O3. The zero-order chi connectivity index (χ0) is 15.4. The second kappa shape index (κ2) is 10.0. The van der Waals surface area contributed by atoms with Crippen molar-refractivity contribution in [2.75, 3.05) is 56.2 Å². The molecule has 0 aromatic heterocycles. The van der Waals surface area contributed by atoms with Crippen molar-refractivity contribution in [3.05, 3.63) is 24.0 Å². The van der Waals surface area contributed by atoms with Gasteiger partial charge in [-0.25, -0.2) is 4.39 Å². The molecule has 1 aromatic rings. The molecule has 1 atom stereocenters. The van der Waals surface area contributed by atoms with Gasteiger partial charge in [0.15, 0.2) is 0 Å². The maximum Gasteiger partial charge on any atom is 0.254 e. The summed E-state index contributed by atoms with van der Waals surface area (Å²) in [7, 11) is 0. The maximum absolute atomic E-state index is 13.8. The van der Waals surface area contributed by atoms with E-state index in [4.69, 9.17) is 9.47 Å². The molecule has 9 heteroatoms. The van der Waals surface area contributed by atoms with Crippen LogP contribution in [-0.4, -0.2) is 58.0 Å². The van der Waals surface area contributed by atoms with Crippen LogP contribution in [0.5, 0.6) is 0 Å². The molecule has 2 N–H and O–H groups in total. The van der Waals surface area contributed by atoms with Crippen LogP contribution < -0.4 is 15.5 Å². The number of nitrogens with zero attached hydrogens (tertiary/aromatic N) is 1. The minimum atomic E-state index is -0.538. The minimum Gasteiger partial charge on any atom is -0.378 e. The van der Waals surface area contributed by atoms with Crippen molar-refractivity contribution in [3.63, 3.8) is 0 Å². The van der Waals surface area contributed by atoms with E-state index >= 15 is 0 Å². The van der Waals surface area contributed by atoms with Gasteiger partial charge in [-0.1, -0.05) is 0 Å². The number of nitrogens with one attached hydrogen (secondary N) is 2. The molecule has 6 nitrogen and oxygen atoms in total. The normalized spacial score (nSPS) is 20.5. The van der Waals surface area contributed by atoms with Crippen LogP contribution >= 0.6 is 24.8 Å². The SMILES string of the molecule is Cl.Cl.O=C(Nc1cc(F)cc(N2CCOCC2)c1)C1CNCCO1. The van der Waals surface area contributed by atoms with E-state index in [2.05, 4.69) is 10.6 Å². The van der Waals surface area contributed by atoms with Gasteiger partial charge in [-0.3, -0.25) is 4.79 Å². The van der Waals surface area contributed by atoms with Crippen LogP contribution in [0.2, 0.25) is 0 Å². The average molecular weight is 382 g/mol. The highest BCUT2D eigenvalue weighted by Crippen LogP contribution is 2.23. The molecule has 2 saturated heterocycles. The lowest BCUT2D eigenvalue weighted by Gasteiger charge is -2.29. The molecule has 1 unspecified atom stereocenters. The summed E-state index contributed by atoms with van der Waals surface area (Å²) in [6, 6.07) is 4.57. The Balaban J connectivity index is 0.00000144. The Morgan fingerprint density at radius 3 is 2.62 bits per heavy atom. The molecule has 2 fully saturated rings. The third kappa shape index (κ3) is 5.46. The number of morpholine rings is 2. The summed E-state index contributed by atoms with van der Waals surface area (Å²) >= 11 is 0. The summed E-state index contributed by atoms with van der Waals surface area (Å²) in [4.78, 5) is 14.2. The second-order valence-corrected chi connectivity index (χ2v) is 5.35. The molecule has 2 aliphatic rings. The van der Waals surface area contributed by atoms with Crippen molar-refractivity contribution < 1.29 is 18.7 Å². The Hall–Kier alpha value is -1.12. The van der Waals surface area contributed by atoms with Gasteiger partial charge in [-0.05, 0) is 18.2 Å². The van der Waals surface area contributed by atoms with E-state index in [0.717, 1.165) is 12.2 Å². The molecule has 24 heavy (non-hydrogen) atoms. The smallest absolute Gasteiger partial charge is 0.254 e. The highest BCUT2D eigenvalue weighted by molar-refractivity contribution is 5.94. The van der Waals surface area contributed by atoms with Crippen LogP contribution in [0.4, 0.5) is 15.8 Å². The Kier molecular flexibility index (Phi) is 8.72. The Morgan fingerprint density at radius 2 is 1.96 bits per heavy atom. The van der Waals surface area contributed by atoms with Gasteiger partial charge in [0, 0.05) is 37.6 Å². The largest absolute Gasteiger partial charge is 0.378 e. The predicted molar refractivity (Wildman–Crippen MR) is 95.2 cm³/mol. The lowest BCUT2D eigenvalue weighted by molar-refractivity contribution is -0.128. The number of rotatable bonds is 3. The fraction of sp³-hybridized carbons (Fsp3) is 0.533. The number of carbonyl (C=O) groups is 1. The first-order valence-electron chi connectivity index (χ1n) is 7.49. The van der Waals surface area contributed by atoms with Gasteiger partial charge in [-0.2, -0.15) is 0 Å². The van der Waals surface area contributed by atoms with E-state index in [1.165, 1.54) is 12.1 Å².